The first kappa shape index (κ1) is 18.2. The van der Waals surface area contributed by atoms with Gasteiger partial charge in [0.25, 0.3) is 0 Å². The van der Waals surface area contributed by atoms with Gasteiger partial charge in [-0.3, -0.25) is 9.20 Å². The Kier molecular flexibility index (Phi) is 5.84. The van der Waals surface area contributed by atoms with E-state index in [1.165, 1.54) is 6.08 Å². The molecule has 2 heterocycles. The van der Waals surface area contributed by atoms with E-state index < -0.39 is 0 Å². The van der Waals surface area contributed by atoms with Gasteiger partial charge < -0.3 is 14.8 Å². The summed E-state index contributed by atoms with van der Waals surface area (Å²) in [6.45, 7) is 4.30. The quantitative estimate of drug-likeness (QED) is 0.491. The van der Waals surface area contributed by atoms with Crippen LogP contribution in [0.3, 0.4) is 0 Å². The van der Waals surface area contributed by atoms with Crippen molar-refractivity contribution in [2.75, 3.05) is 13.7 Å². The third-order valence-electron chi connectivity index (χ3n) is 3.78. The van der Waals surface area contributed by atoms with Crippen LogP contribution in [-0.4, -0.2) is 34.2 Å². The lowest BCUT2D eigenvalue weighted by Gasteiger charge is -2.09. The highest BCUT2D eigenvalue weighted by atomic mass is 16.5. The number of benzene rings is 1. The number of rotatable bonds is 8. The third-order valence-corrected chi connectivity index (χ3v) is 3.78. The zero-order valence-corrected chi connectivity index (χ0v) is 15.0. The van der Waals surface area contributed by atoms with Gasteiger partial charge in [0, 0.05) is 12.3 Å². The lowest BCUT2D eigenvalue weighted by atomic mass is 10.2. The van der Waals surface area contributed by atoms with Crippen LogP contribution in [-0.2, 0) is 11.3 Å². The van der Waals surface area contributed by atoms with E-state index in [2.05, 4.69) is 22.1 Å². The monoisotopic (exact) mass is 364 g/mol. The van der Waals surface area contributed by atoms with Crippen LogP contribution >= 0.6 is 0 Å². The molecule has 2 aromatic heterocycles. The number of aromatic nitrogens is 3. The van der Waals surface area contributed by atoms with Crippen molar-refractivity contribution in [3.63, 3.8) is 0 Å². The predicted molar refractivity (Wildman–Crippen MR) is 103 cm³/mol. The van der Waals surface area contributed by atoms with Crippen molar-refractivity contribution in [1.82, 2.24) is 19.9 Å². The summed E-state index contributed by atoms with van der Waals surface area (Å²) < 4.78 is 12.7. The van der Waals surface area contributed by atoms with Crippen LogP contribution in [0, 0.1) is 0 Å². The molecule has 0 aliphatic carbocycles. The van der Waals surface area contributed by atoms with Gasteiger partial charge >= 0.3 is 0 Å². The first-order chi connectivity index (χ1) is 13.2. The second-order valence-corrected chi connectivity index (χ2v) is 5.61. The zero-order valence-electron chi connectivity index (χ0n) is 15.0. The van der Waals surface area contributed by atoms with E-state index in [-0.39, 0.29) is 12.5 Å². The SMILES string of the molecule is C=CCOc1ccc(/C=C/C(=O)NCc2nnc3ccccn23)cc1OC. The Hall–Kier alpha value is -3.61. The fourth-order valence-corrected chi connectivity index (χ4v) is 2.46. The second-order valence-electron chi connectivity index (χ2n) is 5.61. The standard InChI is InChI=1S/C20H20N4O3/c1-3-12-27-16-9-7-15(13-17(16)26-2)8-10-20(25)21-14-19-23-22-18-6-4-5-11-24(18)19/h3-11,13H,1,12,14H2,2H3,(H,21,25)/b10-8+. The maximum Gasteiger partial charge on any atom is 0.244 e. The molecule has 0 fully saturated rings. The minimum absolute atomic E-state index is 0.228. The highest BCUT2D eigenvalue weighted by Crippen LogP contribution is 2.28. The number of carbonyl (C=O) groups excluding carboxylic acids is 1. The van der Waals surface area contributed by atoms with Gasteiger partial charge in [0.2, 0.25) is 5.91 Å². The lowest BCUT2D eigenvalue weighted by molar-refractivity contribution is -0.116. The van der Waals surface area contributed by atoms with Crippen LogP contribution in [0.2, 0.25) is 0 Å². The Morgan fingerprint density at radius 2 is 2.15 bits per heavy atom. The average molecular weight is 364 g/mol. The van der Waals surface area contributed by atoms with E-state index in [0.717, 1.165) is 11.2 Å². The number of hydrogen-bond donors (Lipinski definition) is 1. The summed E-state index contributed by atoms with van der Waals surface area (Å²) in [5.41, 5.74) is 1.56. The third kappa shape index (κ3) is 4.52. The lowest BCUT2D eigenvalue weighted by Crippen LogP contribution is -2.21. The van der Waals surface area contributed by atoms with Crippen molar-refractivity contribution < 1.29 is 14.3 Å². The summed E-state index contributed by atoms with van der Waals surface area (Å²) in [6, 6.07) is 11.1. The number of nitrogens with zero attached hydrogens (tertiary/aromatic N) is 3. The van der Waals surface area contributed by atoms with E-state index in [4.69, 9.17) is 9.47 Å². The van der Waals surface area contributed by atoms with Gasteiger partial charge in [0.1, 0.15) is 6.61 Å². The van der Waals surface area contributed by atoms with Gasteiger partial charge in [-0.05, 0) is 35.9 Å². The molecule has 27 heavy (non-hydrogen) atoms. The van der Waals surface area contributed by atoms with Crippen molar-refractivity contribution in [3.8, 4) is 11.5 Å². The van der Waals surface area contributed by atoms with Crippen LogP contribution < -0.4 is 14.8 Å². The second kappa shape index (κ2) is 8.66. The molecule has 0 aliphatic rings. The van der Waals surface area contributed by atoms with Crippen molar-refractivity contribution >= 4 is 17.6 Å². The molecule has 7 nitrogen and oxygen atoms in total. The summed E-state index contributed by atoms with van der Waals surface area (Å²) in [5.74, 6) is 1.65. The smallest absolute Gasteiger partial charge is 0.244 e. The molecule has 138 valence electrons. The highest BCUT2D eigenvalue weighted by molar-refractivity contribution is 5.91. The molecule has 0 saturated heterocycles. The summed E-state index contributed by atoms with van der Waals surface area (Å²) in [5, 5.41) is 10.9. The molecule has 0 spiro atoms. The van der Waals surface area contributed by atoms with Crippen LogP contribution in [0.25, 0.3) is 11.7 Å². The van der Waals surface area contributed by atoms with E-state index in [9.17, 15) is 4.79 Å². The van der Waals surface area contributed by atoms with E-state index in [1.807, 2.05) is 34.9 Å². The Labute approximate surface area is 156 Å². The first-order valence-corrected chi connectivity index (χ1v) is 8.37. The minimum atomic E-state index is -0.228. The van der Waals surface area contributed by atoms with Crippen LogP contribution in [0.1, 0.15) is 11.4 Å². The Morgan fingerprint density at radius 3 is 2.96 bits per heavy atom. The molecule has 1 N–H and O–H groups in total. The molecule has 3 aromatic rings. The maximum absolute atomic E-state index is 12.1. The number of pyridine rings is 1. The normalized spacial score (nSPS) is 10.9. The van der Waals surface area contributed by atoms with E-state index in [0.29, 0.717) is 23.9 Å². The molecule has 0 saturated carbocycles. The topological polar surface area (TPSA) is 77.8 Å². The molecule has 7 heteroatoms. The van der Waals surface area contributed by atoms with Crippen molar-refractivity contribution in [1.29, 1.82) is 0 Å². The molecule has 0 atom stereocenters. The molecular weight excluding hydrogens is 344 g/mol. The fourth-order valence-electron chi connectivity index (χ4n) is 2.46. The molecular formula is C20H20N4O3. The van der Waals surface area contributed by atoms with Crippen molar-refractivity contribution in [2.24, 2.45) is 0 Å². The molecule has 1 amide bonds. The molecule has 0 unspecified atom stereocenters. The van der Waals surface area contributed by atoms with Crippen LogP contribution in [0.5, 0.6) is 11.5 Å². The Bertz CT molecular complexity index is 978. The highest BCUT2D eigenvalue weighted by Gasteiger charge is 2.06. The summed E-state index contributed by atoms with van der Waals surface area (Å²) in [4.78, 5) is 12.1. The summed E-state index contributed by atoms with van der Waals surface area (Å²) >= 11 is 0. The molecule has 1 aromatic carbocycles. The molecule has 3 rings (SSSR count). The predicted octanol–water partition coefficient (Wildman–Crippen LogP) is 2.63. The van der Waals surface area contributed by atoms with Crippen LogP contribution in [0.4, 0.5) is 0 Å². The molecule has 0 aliphatic heterocycles. The van der Waals surface area contributed by atoms with Crippen LogP contribution in [0.15, 0.2) is 61.3 Å². The van der Waals surface area contributed by atoms with Gasteiger partial charge in [-0.15, -0.1) is 10.2 Å². The zero-order chi connectivity index (χ0) is 19.1. The number of carbonyl (C=O) groups is 1. The summed E-state index contributed by atoms with van der Waals surface area (Å²) in [6.07, 6.45) is 6.68. The largest absolute Gasteiger partial charge is 0.493 e. The Morgan fingerprint density at radius 1 is 1.26 bits per heavy atom. The number of amides is 1. The first-order valence-electron chi connectivity index (χ1n) is 8.37. The minimum Gasteiger partial charge on any atom is -0.493 e. The van der Waals surface area contributed by atoms with Gasteiger partial charge in [-0.1, -0.05) is 24.8 Å². The molecule has 0 bridgehead atoms. The van der Waals surface area contributed by atoms with Gasteiger partial charge in [0.15, 0.2) is 23.0 Å². The van der Waals surface area contributed by atoms with Gasteiger partial charge in [0.05, 0.1) is 13.7 Å². The fraction of sp³-hybridized carbons (Fsp3) is 0.150. The van der Waals surface area contributed by atoms with E-state index in [1.54, 1.807) is 31.4 Å². The number of hydrogen-bond acceptors (Lipinski definition) is 5. The van der Waals surface area contributed by atoms with Gasteiger partial charge in [-0.25, -0.2) is 0 Å². The number of nitrogens with one attached hydrogen (secondary N) is 1. The van der Waals surface area contributed by atoms with Crippen molar-refractivity contribution in [3.05, 3.63) is 72.7 Å². The Balaban J connectivity index is 1.61. The average Bonchev–Trinajstić information content (AvgIpc) is 3.12. The van der Waals surface area contributed by atoms with Gasteiger partial charge in [-0.2, -0.15) is 0 Å². The van der Waals surface area contributed by atoms with Crippen molar-refractivity contribution in [2.45, 2.75) is 6.54 Å². The number of methoxy groups -OCH3 is 1. The summed E-state index contributed by atoms with van der Waals surface area (Å²) in [7, 11) is 1.57. The molecule has 0 radical (unpaired) electrons. The van der Waals surface area contributed by atoms with E-state index >= 15 is 0 Å². The number of ether oxygens (including phenoxy) is 2. The maximum atomic E-state index is 12.1. The number of fused-ring (bicyclic) bond motifs is 1.